The molecule has 2 atom stereocenters. The number of hydrogen-bond acceptors (Lipinski definition) is 6. The number of anilines is 1. The first kappa shape index (κ1) is 22.9. The van der Waals surface area contributed by atoms with Crippen molar-refractivity contribution in [3.63, 3.8) is 0 Å². The minimum absolute atomic E-state index is 0.0744. The molecule has 0 bridgehead atoms. The van der Waals surface area contributed by atoms with Crippen LogP contribution in [0, 0.1) is 0 Å². The fraction of sp³-hybridized carbons (Fsp3) is 0.240. The molecule has 0 aliphatic carbocycles. The summed E-state index contributed by atoms with van der Waals surface area (Å²) in [6.07, 6.45) is 2.14. The van der Waals surface area contributed by atoms with Crippen LogP contribution in [-0.2, 0) is 19.4 Å². The molecule has 9 nitrogen and oxygen atoms in total. The maximum Gasteiger partial charge on any atom is 0.256 e. The lowest BCUT2D eigenvalue weighted by atomic mass is 9.96. The molecule has 2 aromatic carbocycles. The lowest BCUT2D eigenvalue weighted by molar-refractivity contribution is -0.124. The number of rotatable bonds is 5. The Hall–Kier alpha value is -3.92. The molecule has 0 saturated carbocycles. The van der Waals surface area contributed by atoms with Gasteiger partial charge >= 0.3 is 0 Å². The van der Waals surface area contributed by atoms with Gasteiger partial charge in [0.2, 0.25) is 11.8 Å². The Morgan fingerprint density at radius 1 is 1.09 bits per heavy atom. The third kappa shape index (κ3) is 4.57. The fourth-order valence-corrected chi connectivity index (χ4v) is 5.71. The van der Waals surface area contributed by atoms with Gasteiger partial charge in [-0.05, 0) is 55.3 Å². The number of nitrogens with zero attached hydrogens (tertiary/aromatic N) is 1. The van der Waals surface area contributed by atoms with Gasteiger partial charge in [-0.15, -0.1) is 0 Å². The average Bonchev–Trinajstić information content (AvgIpc) is 3.36. The van der Waals surface area contributed by atoms with Crippen molar-refractivity contribution in [3.8, 4) is 11.3 Å². The average molecular weight is 494 g/mol. The molecule has 1 saturated heterocycles. The van der Waals surface area contributed by atoms with E-state index in [-0.39, 0.29) is 29.7 Å². The normalized spacial score (nSPS) is 19.8. The van der Waals surface area contributed by atoms with Crippen molar-refractivity contribution in [1.29, 1.82) is 0 Å². The highest BCUT2D eigenvalue weighted by molar-refractivity contribution is 7.92. The van der Waals surface area contributed by atoms with E-state index in [2.05, 4.69) is 10.6 Å². The van der Waals surface area contributed by atoms with E-state index < -0.39 is 33.6 Å². The van der Waals surface area contributed by atoms with Crippen LogP contribution in [0.4, 0.5) is 5.69 Å². The Kier molecular flexibility index (Phi) is 5.89. The summed E-state index contributed by atoms with van der Waals surface area (Å²) in [5.41, 5.74) is 1.50. The van der Waals surface area contributed by atoms with Gasteiger partial charge in [0.25, 0.3) is 5.91 Å². The lowest BCUT2D eigenvalue weighted by Crippen LogP contribution is -2.55. The summed E-state index contributed by atoms with van der Waals surface area (Å²) in [6, 6.07) is 15.2. The largest absolute Gasteiger partial charge is 0.464 e. The maximum absolute atomic E-state index is 13.3. The molecule has 2 aliphatic heterocycles. The molecule has 0 spiro atoms. The molecule has 3 amide bonds. The SMILES string of the molecule is O=C(CS(=O)(=O)c1ccccc1)NC1CCN2C(=O)c3cc(-c4ccco4)ccc3NC(=O)C2C1. The van der Waals surface area contributed by atoms with Crippen molar-refractivity contribution in [2.75, 3.05) is 17.6 Å². The Morgan fingerprint density at radius 3 is 2.63 bits per heavy atom. The zero-order chi connectivity index (χ0) is 24.6. The van der Waals surface area contributed by atoms with Gasteiger partial charge in [0, 0.05) is 18.2 Å². The molecule has 3 aromatic rings. The van der Waals surface area contributed by atoms with Crippen LogP contribution in [0.2, 0.25) is 0 Å². The van der Waals surface area contributed by atoms with Crippen LogP contribution in [-0.4, -0.2) is 55.4 Å². The highest BCUT2D eigenvalue weighted by atomic mass is 32.2. The first-order chi connectivity index (χ1) is 16.8. The number of hydrogen-bond donors (Lipinski definition) is 2. The minimum atomic E-state index is -3.78. The number of nitrogens with one attached hydrogen (secondary N) is 2. The first-order valence-corrected chi connectivity index (χ1v) is 12.8. The van der Waals surface area contributed by atoms with Gasteiger partial charge in [0.15, 0.2) is 9.84 Å². The molecule has 5 rings (SSSR count). The van der Waals surface area contributed by atoms with E-state index in [4.69, 9.17) is 4.42 Å². The Labute approximate surface area is 202 Å². The minimum Gasteiger partial charge on any atom is -0.464 e. The molecule has 2 N–H and O–H groups in total. The third-order valence-corrected chi connectivity index (χ3v) is 7.90. The molecule has 0 radical (unpaired) electrons. The van der Waals surface area contributed by atoms with Crippen molar-refractivity contribution < 1.29 is 27.2 Å². The van der Waals surface area contributed by atoms with E-state index in [1.54, 1.807) is 54.8 Å². The Bertz CT molecular complexity index is 1390. The van der Waals surface area contributed by atoms with E-state index in [0.717, 1.165) is 5.56 Å². The summed E-state index contributed by atoms with van der Waals surface area (Å²) < 4.78 is 30.4. The summed E-state index contributed by atoms with van der Waals surface area (Å²) in [5.74, 6) is -1.35. The molecule has 3 heterocycles. The van der Waals surface area contributed by atoms with E-state index >= 15 is 0 Å². The molecular weight excluding hydrogens is 470 g/mol. The fourth-order valence-electron chi connectivity index (χ4n) is 4.54. The summed E-state index contributed by atoms with van der Waals surface area (Å²) >= 11 is 0. The van der Waals surface area contributed by atoms with Crippen LogP contribution in [0.5, 0.6) is 0 Å². The number of piperidine rings is 1. The van der Waals surface area contributed by atoms with Crippen LogP contribution in [0.15, 0.2) is 76.2 Å². The summed E-state index contributed by atoms with van der Waals surface area (Å²) in [4.78, 5) is 40.4. The molecule has 180 valence electrons. The molecule has 10 heteroatoms. The summed E-state index contributed by atoms with van der Waals surface area (Å²) in [7, 11) is -3.78. The smallest absolute Gasteiger partial charge is 0.256 e. The number of furan rings is 1. The van der Waals surface area contributed by atoms with Gasteiger partial charge in [-0.3, -0.25) is 14.4 Å². The van der Waals surface area contributed by atoms with Crippen molar-refractivity contribution >= 4 is 33.2 Å². The maximum atomic E-state index is 13.3. The number of benzene rings is 2. The molecular formula is C25H23N3O6S. The standard InChI is InChI=1S/C25H23N3O6S/c29-23(15-35(32,33)18-5-2-1-3-6-18)26-17-10-11-28-21(14-17)24(30)27-20-9-8-16(13-19(20)25(28)31)22-7-4-12-34-22/h1-9,12-13,17,21H,10-11,14-15H2,(H,26,29)(H,27,30). The van der Waals surface area contributed by atoms with Crippen LogP contribution in [0.25, 0.3) is 11.3 Å². The van der Waals surface area contributed by atoms with E-state index in [1.807, 2.05) is 0 Å². The van der Waals surface area contributed by atoms with Gasteiger partial charge < -0.3 is 20.0 Å². The van der Waals surface area contributed by atoms with Crippen LogP contribution in [0.1, 0.15) is 23.2 Å². The van der Waals surface area contributed by atoms with Crippen LogP contribution in [0.3, 0.4) is 0 Å². The number of amides is 3. The van der Waals surface area contributed by atoms with E-state index in [0.29, 0.717) is 23.4 Å². The second-order valence-corrected chi connectivity index (χ2v) is 10.6. The van der Waals surface area contributed by atoms with E-state index in [9.17, 15) is 22.8 Å². The van der Waals surface area contributed by atoms with Crippen molar-refractivity contribution in [1.82, 2.24) is 10.2 Å². The Balaban J connectivity index is 1.29. The second-order valence-electron chi connectivity index (χ2n) is 8.60. The summed E-state index contributed by atoms with van der Waals surface area (Å²) in [5, 5.41) is 5.55. The van der Waals surface area contributed by atoms with Crippen LogP contribution < -0.4 is 10.6 Å². The number of carbonyl (C=O) groups is 3. The molecule has 35 heavy (non-hydrogen) atoms. The summed E-state index contributed by atoms with van der Waals surface area (Å²) in [6.45, 7) is 0.248. The predicted molar refractivity (Wildman–Crippen MR) is 127 cm³/mol. The number of carbonyl (C=O) groups excluding carboxylic acids is 3. The predicted octanol–water partition coefficient (Wildman–Crippen LogP) is 2.46. The number of fused-ring (bicyclic) bond motifs is 2. The van der Waals surface area contributed by atoms with Gasteiger partial charge in [-0.25, -0.2) is 8.42 Å². The molecule has 2 aliphatic rings. The lowest BCUT2D eigenvalue weighted by Gasteiger charge is -2.37. The van der Waals surface area contributed by atoms with E-state index in [1.165, 1.54) is 17.0 Å². The zero-order valence-corrected chi connectivity index (χ0v) is 19.5. The first-order valence-electron chi connectivity index (χ1n) is 11.2. The van der Waals surface area contributed by atoms with Gasteiger partial charge in [0.05, 0.1) is 22.4 Å². The highest BCUT2D eigenvalue weighted by Crippen LogP contribution is 2.32. The third-order valence-electron chi connectivity index (χ3n) is 6.27. The van der Waals surface area contributed by atoms with Crippen LogP contribution >= 0.6 is 0 Å². The van der Waals surface area contributed by atoms with Gasteiger partial charge in [-0.2, -0.15) is 0 Å². The molecule has 1 aromatic heterocycles. The quantitative estimate of drug-likeness (QED) is 0.562. The molecule has 2 unspecified atom stereocenters. The topological polar surface area (TPSA) is 126 Å². The van der Waals surface area contributed by atoms with Gasteiger partial charge in [0.1, 0.15) is 17.6 Å². The van der Waals surface area contributed by atoms with Gasteiger partial charge in [-0.1, -0.05) is 18.2 Å². The molecule has 1 fully saturated rings. The van der Waals surface area contributed by atoms with Crippen molar-refractivity contribution in [2.24, 2.45) is 0 Å². The second kappa shape index (κ2) is 9.03. The highest BCUT2D eigenvalue weighted by Gasteiger charge is 2.40. The zero-order valence-electron chi connectivity index (χ0n) is 18.6. The number of sulfone groups is 1. The van der Waals surface area contributed by atoms with Crippen molar-refractivity contribution in [3.05, 3.63) is 72.5 Å². The van der Waals surface area contributed by atoms with Crippen molar-refractivity contribution in [2.45, 2.75) is 29.8 Å². The monoisotopic (exact) mass is 493 g/mol. The Morgan fingerprint density at radius 2 is 1.89 bits per heavy atom.